The van der Waals surface area contributed by atoms with Crippen LogP contribution in [0.2, 0.25) is 0 Å². The number of ether oxygens (including phenoxy) is 1. The van der Waals surface area contributed by atoms with Gasteiger partial charge in [-0.2, -0.15) is 5.10 Å². The molecule has 1 aromatic heterocycles. The molecule has 2 aromatic rings. The number of nitrogens with zero attached hydrogens (tertiary/aromatic N) is 1. The van der Waals surface area contributed by atoms with Crippen molar-refractivity contribution in [3.8, 4) is 0 Å². The lowest BCUT2D eigenvalue weighted by molar-refractivity contribution is 0.0845. The molecular formula is C18H23N3O4S. The zero-order valence-electron chi connectivity index (χ0n) is 14.9. The number of aromatic amines is 1. The Kier molecular flexibility index (Phi) is 5.43. The molecule has 3 rings (SSSR count). The minimum absolute atomic E-state index is 0.129. The third kappa shape index (κ3) is 4.13. The SMILES string of the molecule is CCc1ccc(S(C)(=O)=O)cc1C(=O)Nc1cc(C2CCOCC2)[nH]n1. The quantitative estimate of drug-likeness (QED) is 0.834. The summed E-state index contributed by atoms with van der Waals surface area (Å²) >= 11 is 0. The number of rotatable bonds is 5. The Labute approximate surface area is 153 Å². The molecule has 0 saturated carbocycles. The molecular weight excluding hydrogens is 354 g/mol. The molecule has 0 unspecified atom stereocenters. The van der Waals surface area contributed by atoms with Gasteiger partial charge in [-0.1, -0.05) is 13.0 Å². The topological polar surface area (TPSA) is 101 Å². The van der Waals surface area contributed by atoms with Crippen LogP contribution in [0.5, 0.6) is 0 Å². The smallest absolute Gasteiger partial charge is 0.257 e. The predicted molar refractivity (Wildman–Crippen MR) is 98.3 cm³/mol. The zero-order chi connectivity index (χ0) is 18.7. The third-order valence-electron chi connectivity index (χ3n) is 4.64. The molecule has 1 aromatic carbocycles. The van der Waals surface area contributed by atoms with Crippen LogP contribution < -0.4 is 5.32 Å². The fourth-order valence-electron chi connectivity index (χ4n) is 3.11. The standard InChI is InChI=1S/C18H23N3O4S/c1-3-12-4-5-14(26(2,23)24)10-15(12)18(22)19-17-11-16(20-21-17)13-6-8-25-9-7-13/h4-5,10-11,13H,3,6-9H2,1-2H3,(H2,19,20,21,22). The van der Waals surface area contributed by atoms with Gasteiger partial charge in [-0.15, -0.1) is 0 Å². The molecule has 1 saturated heterocycles. The summed E-state index contributed by atoms with van der Waals surface area (Å²) in [5.74, 6) is 0.419. The van der Waals surface area contributed by atoms with Gasteiger partial charge in [0.25, 0.3) is 5.91 Å². The van der Waals surface area contributed by atoms with Crippen LogP contribution in [-0.4, -0.2) is 44.0 Å². The van der Waals surface area contributed by atoms with E-state index in [4.69, 9.17) is 4.74 Å². The van der Waals surface area contributed by atoms with Crippen molar-refractivity contribution < 1.29 is 17.9 Å². The van der Waals surface area contributed by atoms with Crippen LogP contribution in [0, 0.1) is 0 Å². The van der Waals surface area contributed by atoms with Crippen molar-refractivity contribution in [1.29, 1.82) is 0 Å². The Bertz CT molecular complexity index is 899. The summed E-state index contributed by atoms with van der Waals surface area (Å²) in [4.78, 5) is 12.8. The number of amides is 1. The number of H-pyrrole nitrogens is 1. The number of sulfone groups is 1. The van der Waals surface area contributed by atoms with E-state index in [1.165, 1.54) is 12.1 Å². The van der Waals surface area contributed by atoms with Crippen molar-refractivity contribution in [1.82, 2.24) is 10.2 Å². The van der Waals surface area contributed by atoms with Crippen LogP contribution in [0.3, 0.4) is 0 Å². The molecule has 8 heteroatoms. The Morgan fingerprint density at radius 3 is 2.69 bits per heavy atom. The summed E-state index contributed by atoms with van der Waals surface area (Å²) in [7, 11) is -3.38. The zero-order valence-corrected chi connectivity index (χ0v) is 15.7. The van der Waals surface area contributed by atoms with Crippen LogP contribution in [0.4, 0.5) is 5.82 Å². The average molecular weight is 377 g/mol. The lowest BCUT2D eigenvalue weighted by atomic mass is 9.97. The van der Waals surface area contributed by atoms with Crippen molar-refractivity contribution in [2.45, 2.75) is 37.0 Å². The minimum Gasteiger partial charge on any atom is -0.381 e. The summed E-state index contributed by atoms with van der Waals surface area (Å²) < 4.78 is 28.9. The molecule has 1 fully saturated rings. The van der Waals surface area contributed by atoms with E-state index in [2.05, 4.69) is 15.5 Å². The third-order valence-corrected chi connectivity index (χ3v) is 5.75. The van der Waals surface area contributed by atoms with Gasteiger partial charge >= 0.3 is 0 Å². The molecule has 26 heavy (non-hydrogen) atoms. The highest BCUT2D eigenvalue weighted by Crippen LogP contribution is 2.27. The number of aromatic nitrogens is 2. The lowest BCUT2D eigenvalue weighted by Gasteiger charge is -2.20. The van der Waals surface area contributed by atoms with Gasteiger partial charge in [-0.25, -0.2) is 8.42 Å². The summed E-state index contributed by atoms with van der Waals surface area (Å²) in [6.45, 7) is 3.37. The number of carbonyl (C=O) groups excluding carboxylic acids is 1. The van der Waals surface area contributed by atoms with Crippen LogP contribution in [-0.2, 0) is 21.0 Å². The first-order valence-corrected chi connectivity index (χ1v) is 10.5. The van der Waals surface area contributed by atoms with Crippen molar-refractivity contribution >= 4 is 21.6 Å². The monoisotopic (exact) mass is 377 g/mol. The molecule has 0 aliphatic carbocycles. The molecule has 2 heterocycles. The minimum atomic E-state index is -3.38. The maximum absolute atomic E-state index is 12.7. The van der Waals surface area contributed by atoms with Gasteiger partial charge in [0.15, 0.2) is 15.7 Å². The maximum atomic E-state index is 12.7. The average Bonchev–Trinajstić information content (AvgIpc) is 3.09. The molecule has 7 nitrogen and oxygen atoms in total. The Hall–Kier alpha value is -2.19. The van der Waals surface area contributed by atoms with E-state index in [-0.39, 0.29) is 10.8 Å². The number of benzene rings is 1. The Morgan fingerprint density at radius 2 is 2.04 bits per heavy atom. The van der Waals surface area contributed by atoms with E-state index in [1.807, 2.05) is 13.0 Å². The molecule has 1 amide bonds. The number of hydrogen-bond donors (Lipinski definition) is 2. The van der Waals surface area contributed by atoms with Gasteiger partial charge in [0.05, 0.1) is 4.90 Å². The van der Waals surface area contributed by atoms with E-state index >= 15 is 0 Å². The molecule has 0 spiro atoms. The fourth-order valence-corrected chi connectivity index (χ4v) is 3.76. The summed E-state index contributed by atoms with van der Waals surface area (Å²) in [6.07, 6.45) is 3.60. The first-order chi connectivity index (χ1) is 12.4. The number of hydrogen-bond acceptors (Lipinski definition) is 5. The molecule has 1 aliphatic heterocycles. The second kappa shape index (κ2) is 7.59. The summed E-state index contributed by atoms with van der Waals surface area (Å²) in [5, 5.41) is 9.91. The molecule has 2 N–H and O–H groups in total. The van der Waals surface area contributed by atoms with Gasteiger partial charge in [0.1, 0.15) is 0 Å². The van der Waals surface area contributed by atoms with Gasteiger partial charge in [-0.3, -0.25) is 9.89 Å². The maximum Gasteiger partial charge on any atom is 0.257 e. The first kappa shape index (κ1) is 18.6. The molecule has 0 atom stereocenters. The highest BCUT2D eigenvalue weighted by Gasteiger charge is 2.20. The molecule has 0 bridgehead atoms. The molecule has 1 aliphatic rings. The summed E-state index contributed by atoms with van der Waals surface area (Å²) in [5.41, 5.74) is 2.12. The lowest BCUT2D eigenvalue weighted by Crippen LogP contribution is -2.15. The molecule has 0 radical (unpaired) electrons. The van der Waals surface area contributed by atoms with E-state index in [9.17, 15) is 13.2 Å². The number of carbonyl (C=O) groups is 1. The molecule has 140 valence electrons. The van der Waals surface area contributed by atoms with Crippen molar-refractivity contribution in [2.24, 2.45) is 0 Å². The van der Waals surface area contributed by atoms with Gasteiger partial charge in [-0.05, 0) is 37.0 Å². The van der Waals surface area contributed by atoms with Crippen LogP contribution in [0.1, 0.15) is 47.3 Å². The van der Waals surface area contributed by atoms with E-state index in [0.717, 1.165) is 43.6 Å². The normalized spacial score (nSPS) is 15.8. The predicted octanol–water partition coefficient (Wildman–Crippen LogP) is 2.52. The highest BCUT2D eigenvalue weighted by atomic mass is 32.2. The van der Waals surface area contributed by atoms with E-state index in [1.54, 1.807) is 6.07 Å². The van der Waals surface area contributed by atoms with Gasteiger partial charge in [0.2, 0.25) is 0 Å². The number of anilines is 1. The summed E-state index contributed by atoms with van der Waals surface area (Å²) in [6, 6.07) is 6.47. The van der Waals surface area contributed by atoms with E-state index < -0.39 is 9.84 Å². The van der Waals surface area contributed by atoms with Gasteiger partial charge < -0.3 is 10.1 Å². The number of nitrogens with one attached hydrogen (secondary N) is 2. The number of aryl methyl sites for hydroxylation is 1. The van der Waals surface area contributed by atoms with E-state index in [0.29, 0.717) is 23.7 Å². The van der Waals surface area contributed by atoms with Crippen molar-refractivity contribution in [2.75, 3.05) is 24.8 Å². The van der Waals surface area contributed by atoms with Gasteiger partial charge in [0, 0.05) is 42.7 Å². The Morgan fingerprint density at radius 1 is 1.31 bits per heavy atom. The second-order valence-corrected chi connectivity index (χ2v) is 8.51. The second-order valence-electron chi connectivity index (χ2n) is 6.49. The van der Waals surface area contributed by atoms with Crippen molar-refractivity contribution in [3.63, 3.8) is 0 Å². The first-order valence-electron chi connectivity index (χ1n) is 8.66. The highest BCUT2D eigenvalue weighted by molar-refractivity contribution is 7.90. The Balaban J connectivity index is 1.80. The fraction of sp³-hybridized carbons (Fsp3) is 0.444. The van der Waals surface area contributed by atoms with Crippen molar-refractivity contribution in [3.05, 3.63) is 41.1 Å². The van der Waals surface area contributed by atoms with Crippen LogP contribution in [0.15, 0.2) is 29.2 Å². The van der Waals surface area contributed by atoms with Crippen LogP contribution >= 0.6 is 0 Å². The largest absolute Gasteiger partial charge is 0.381 e. The van der Waals surface area contributed by atoms with Crippen LogP contribution in [0.25, 0.3) is 0 Å².